The van der Waals surface area contributed by atoms with Crippen LogP contribution in [0.5, 0.6) is 11.5 Å². The number of ether oxygens (including phenoxy) is 2. The van der Waals surface area contributed by atoms with Gasteiger partial charge in [-0.3, -0.25) is 9.59 Å². The quantitative estimate of drug-likeness (QED) is 0.271. The fourth-order valence-electron chi connectivity index (χ4n) is 4.28. The minimum absolute atomic E-state index is 0.0723. The Bertz CT molecular complexity index is 1110. The van der Waals surface area contributed by atoms with Crippen LogP contribution in [0.2, 0.25) is 0 Å². The van der Waals surface area contributed by atoms with Crippen molar-refractivity contribution in [2.75, 3.05) is 20.3 Å². The first-order valence-corrected chi connectivity index (χ1v) is 12.3. The van der Waals surface area contributed by atoms with Gasteiger partial charge in [0.2, 0.25) is 0 Å². The highest BCUT2D eigenvalue weighted by Crippen LogP contribution is 2.42. The van der Waals surface area contributed by atoms with Crippen molar-refractivity contribution in [2.24, 2.45) is 0 Å². The number of methoxy groups -OCH3 is 1. The SMILES string of the molecule is CCCCN1C(=O)C(=O)/C(=C(/O)c2cc(C(C)(C)C)ccc2OC)C1c1cccc(OCCC)c1. The van der Waals surface area contributed by atoms with E-state index in [0.717, 1.165) is 30.4 Å². The number of amides is 1. The molecule has 1 atom stereocenters. The summed E-state index contributed by atoms with van der Waals surface area (Å²) >= 11 is 0. The van der Waals surface area contributed by atoms with Gasteiger partial charge in [-0.05, 0) is 53.6 Å². The van der Waals surface area contributed by atoms with E-state index in [9.17, 15) is 14.7 Å². The van der Waals surface area contributed by atoms with E-state index in [4.69, 9.17) is 9.47 Å². The Labute approximate surface area is 208 Å². The van der Waals surface area contributed by atoms with Gasteiger partial charge in [-0.25, -0.2) is 0 Å². The molecule has 1 unspecified atom stereocenters. The zero-order valence-corrected chi connectivity index (χ0v) is 21.7. The van der Waals surface area contributed by atoms with Gasteiger partial charge in [-0.15, -0.1) is 0 Å². The summed E-state index contributed by atoms with van der Waals surface area (Å²) in [7, 11) is 1.52. The number of Topliss-reactive ketones (excluding diaryl/α,β-unsaturated/α-hetero) is 1. The molecule has 0 radical (unpaired) electrons. The highest BCUT2D eigenvalue weighted by atomic mass is 16.5. The second-order valence-corrected chi connectivity index (χ2v) is 9.93. The molecule has 1 saturated heterocycles. The summed E-state index contributed by atoms with van der Waals surface area (Å²) in [5.41, 5.74) is 1.99. The van der Waals surface area contributed by atoms with Crippen LogP contribution in [0.1, 0.15) is 76.6 Å². The molecule has 1 amide bonds. The van der Waals surface area contributed by atoms with Crippen molar-refractivity contribution in [3.63, 3.8) is 0 Å². The molecule has 0 aromatic heterocycles. The molecule has 2 aromatic rings. The van der Waals surface area contributed by atoms with Gasteiger partial charge >= 0.3 is 0 Å². The van der Waals surface area contributed by atoms with Crippen molar-refractivity contribution < 1.29 is 24.2 Å². The molecule has 2 aromatic carbocycles. The lowest BCUT2D eigenvalue weighted by Crippen LogP contribution is -2.30. The van der Waals surface area contributed by atoms with E-state index in [1.165, 1.54) is 7.11 Å². The maximum absolute atomic E-state index is 13.3. The van der Waals surface area contributed by atoms with Gasteiger partial charge in [-0.1, -0.05) is 59.2 Å². The van der Waals surface area contributed by atoms with Crippen LogP contribution >= 0.6 is 0 Å². The van der Waals surface area contributed by atoms with Gasteiger partial charge in [0, 0.05) is 6.54 Å². The lowest BCUT2D eigenvalue weighted by Gasteiger charge is -2.26. The summed E-state index contributed by atoms with van der Waals surface area (Å²) in [5.74, 6) is -0.413. The van der Waals surface area contributed by atoms with Crippen molar-refractivity contribution in [3.8, 4) is 11.5 Å². The summed E-state index contributed by atoms with van der Waals surface area (Å²) < 4.78 is 11.3. The van der Waals surface area contributed by atoms with E-state index in [-0.39, 0.29) is 16.7 Å². The summed E-state index contributed by atoms with van der Waals surface area (Å²) in [6, 6.07) is 12.3. The molecule has 6 heteroatoms. The highest BCUT2D eigenvalue weighted by molar-refractivity contribution is 6.46. The van der Waals surface area contributed by atoms with Crippen LogP contribution in [-0.4, -0.2) is 42.0 Å². The lowest BCUT2D eigenvalue weighted by atomic mass is 9.85. The number of benzene rings is 2. The number of carbonyl (C=O) groups excluding carboxylic acids is 2. The Balaban J connectivity index is 2.23. The fraction of sp³-hybridized carbons (Fsp3) is 0.448. The van der Waals surface area contributed by atoms with Crippen molar-refractivity contribution in [2.45, 2.75) is 65.3 Å². The van der Waals surface area contributed by atoms with Crippen molar-refractivity contribution >= 4 is 17.4 Å². The monoisotopic (exact) mass is 479 g/mol. The number of ketones is 1. The average molecular weight is 480 g/mol. The zero-order chi connectivity index (χ0) is 25.8. The molecule has 1 N–H and O–H groups in total. The third-order valence-electron chi connectivity index (χ3n) is 6.26. The number of nitrogens with zero attached hydrogens (tertiary/aromatic N) is 1. The normalized spacial score (nSPS) is 17.7. The van der Waals surface area contributed by atoms with Crippen LogP contribution in [0, 0.1) is 0 Å². The molecule has 0 bridgehead atoms. The number of aliphatic hydroxyl groups is 1. The van der Waals surface area contributed by atoms with E-state index in [2.05, 4.69) is 20.8 Å². The minimum atomic E-state index is -0.713. The number of aliphatic hydroxyl groups excluding tert-OH is 1. The van der Waals surface area contributed by atoms with Crippen LogP contribution in [-0.2, 0) is 15.0 Å². The molecule has 3 rings (SSSR count). The van der Waals surface area contributed by atoms with Gasteiger partial charge in [0.05, 0.1) is 30.9 Å². The number of unbranched alkanes of at least 4 members (excludes halogenated alkanes) is 1. The van der Waals surface area contributed by atoms with Gasteiger partial charge in [0.25, 0.3) is 11.7 Å². The van der Waals surface area contributed by atoms with Crippen LogP contribution < -0.4 is 9.47 Å². The molecular formula is C29H37NO5. The van der Waals surface area contributed by atoms with Gasteiger partial charge < -0.3 is 19.5 Å². The number of likely N-dealkylation sites (tertiary alicyclic amines) is 1. The zero-order valence-electron chi connectivity index (χ0n) is 21.7. The van der Waals surface area contributed by atoms with Crippen LogP contribution in [0.3, 0.4) is 0 Å². The third kappa shape index (κ3) is 5.53. The molecule has 0 spiro atoms. The number of carbonyl (C=O) groups is 2. The van der Waals surface area contributed by atoms with E-state index in [1.54, 1.807) is 11.0 Å². The molecule has 0 saturated carbocycles. The van der Waals surface area contributed by atoms with Gasteiger partial charge in [0.15, 0.2) is 0 Å². The summed E-state index contributed by atoms with van der Waals surface area (Å²) in [6.45, 7) is 11.3. The Morgan fingerprint density at radius 2 is 1.80 bits per heavy atom. The molecule has 35 heavy (non-hydrogen) atoms. The number of rotatable bonds is 9. The summed E-state index contributed by atoms with van der Waals surface area (Å²) in [4.78, 5) is 28.0. The Morgan fingerprint density at radius 1 is 1.06 bits per heavy atom. The Hall–Kier alpha value is -3.28. The highest BCUT2D eigenvalue weighted by Gasteiger charge is 2.46. The van der Waals surface area contributed by atoms with Gasteiger partial charge in [-0.2, -0.15) is 0 Å². The third-order valence-corrected chi connectivity index (χ3v) is 6.26. The molecule has 1 heterocycles. The first-order chi connectivity index (χ1) is 16.6. The number of hydrogen-bond donors (Lipinski definition) is 1. The summed E-state index contributed by atoms with van der Waals surface area (Å²) in [6.07, 6.45) is 2.48. The number of hydrogen-bond acceptors (Lipinski definition) is 5. The maximum atomic E-state index is 13.3. The second-order valence-electron chi connectivity index (χ2n) is 9.93. The van der Waals surface area contributed by atoms with Crippen LogP contribution in [0.4, 0.5) is 0 Å². The fourth-order valence-corrected chi connectivity index (χ4v) is 4.28. The van der Waals surface area contributed by atoms with Crippen molar-refractivity contribution in [1.29, 1.82) is 0 Å². The average Bonchev–Trinajstić information content (AvgIpc) is 3.09. The van der Waals surface area contributed by atoms with Crippen molar-refractivity contribution in [3.05, 3.63) is 64.7 Å². The summed E-state index contributed by atoms with van der Waals surface area (Å²) in [5, 5.41) is 11.6. The molecule has 1 aliphatic heterocycles. The smallest absolute Gasteiger partial charge is 0.295 e. The molecule has 0 aliphatic carbocycles. The van der Waals surface area contributed by atoms with E-state index in [1.807, 2.05) is 50.2 Å². The van der Waals surface area contributed by atoms with Gasteiger partial charge in [0.1, 0.15) is 17.3 Å². The Kier molecular flexibility index (Phi) is 8.26. The Morgan fingerprint density at radius 3 is 2.43 bits per heavy atom. The van der Waals surface area contributed by atoms with Crippen LogP contribution in [0.25, 0.3) is 5.76 Å². The first-order valence-electron chi connectivity index (χ1n) is 12.3. The van der Waals surface area contributed by atoms with E-state index < -0.39 is 17.7 Å². The largest absolute Gasteiger partial charge is 0.507 e. The minimum Gasteiger partial charge on any atom is -0.507 e. The standard InChI is InChI=1S/C29H37NO5/c1-7-9-15-30-25(19-11-10-12-21(17-19)35-16-8-2)24(27(32)28(30)33)26(31)22-18-20(29(3,4)5)13-14-23(22)34-6/h10-14,17-18,25,31H,7-9,15-16H2,1-6H3/b26-24+. The lowest BCUT2D eigenvalue weighted by molar-refractivity contribution is -0.139. The molecule has 188 valence electrons. The second kappa shape index (κ2) is 11.0. The van der Waals surface area contributed by atoms with Crippen LogP contribution in [0.15, 0.2) is 48.0 Å². The predicted octanol–water partition coefficient (Wildman–Crippen LogP) is 6.00. The maximum Gasteiger partial charge on any atom is 0.295 e. The molecular weight excluding hydrogens is 442 g/mol. The molecule has 6 nitrogen and oxygen atoms in total. The first kappa shape index (κ1) is 26.3. The molecule has 1 aliphatic rings. The predicted molar refractivity (Wildman–Crippen MR) is 138 cm³/mol. The molecule has 1 fully saturated rings. The van der Waals surface area contributed by atoms with E-state index in [0.29, 0.717) is 30.2 Å². The van der Waals surface area contributed by atoms with E-state index >= 15 is 0 Å². The topological polar surface area (TPSA) is 76.1 Å². The van der Waals surface area contributed by atoms with Crippen molar-refractivity contribution in [1.82, 2.24) is 4.90 Å².